The summed E-state index contributed by atoms with van der Waals surface area (Å²) in [6.45, 7) is 2.46. The van der Waals surface area contributed by atoms with Gasteiger partial charge in [-0.3, -0.25) is 0 Å². The molecule has 3 aromatic rings. The number of tetrazole rings is 1. The molecule has 0 fully saturated rings. The van der Waals surface area contributed by atoms with E-state index in [9.17, 15) is 4.79 Å². The van der Waals surface area contributed by atoms with Crippen LogP contribution in [0.15, 0.2) is 24.4 Å². The normalized spacial score (nSPS) is 11.2. The molecule has 3 rings (SSSR count). The molecule has 0 aliphatic rings. The van der Waals surface area contributed by atoms with Gasteiger partial charge < -0.3 is 14.6 Å². The summed E-state index contributed by atoms with van der Waals surface area (Å²) in [5, 5.41) is 14.3. The highest BCUT2D eigenvalue weighted by molar-refractivity contribution is 5.96. The van der Waals surface area contributed by atoms with Crippen LogP contribution in [0.1, 0.15) is 18.3 Å². The number of nitrogens with zero attached hydrogens (tertiary/aromatic N) is 4. The Balaban J connectivity index is 1.95. The highest BCUT2D eigenvalue weighted by atomic mass is 16.6. The van der Waals surface area contributed by atoms with E-state index in [-0.39, 0.29) is 0 Å². The molecule has 1 aromatic carbocycles. The van der Waals surface area contributed by atoms with Crippen LogP contribution in [0.3, 0.4) is 0 Å². The van der Waals surface area contributed by atoms with Gasteiger partial charge in [0.15, 0.2) is 5.82 Å². The smallest absolute Gasteiger partial charge is 0.409 e. The number of H-pyrrole nitrogens is 2. The quantitative estimate of drug-likeness (QED) is 0.770. The van der Waals surface area contributed by atoms with E-state index in [2.05, 4.69) is 25.6 Å². The SMILES string of the molecule is CCN(C)C(=O)Oc1cccc2[nH]cc(/C=C/c3nnn[nH]3)c12. The summed E-state index contributed by atoms with van der Waals surface area (Å²) in [4.78, 5) is 16.7. The van der Waals surface area contributed by atoms with Gasteiger partial charge in [-0.1, -0.05) is 6.07 Å². The summed E-state index contributed by atoms with van der Waals surface area (Å²) < 4.78 is 5.50. The van der Waals surface area contributed by atoms with Gasteiger partial charge in [0.2, 0.25) is 0 Å². The van der Waals surface area contributed by atoms with E-state index in [0.29, 0.717) is 18.1 Å². The second-order valence-electron chi connectivity index (χ2n) is 4.92. The summed E-state index contributed by atoms with van der Waals surface area (Å²) in [6.07, 6.45) is 5.04. The van der Waals surface area contributed by atoms with Crippen molar-refractivity contribution in [1.29, 1.82) is 0 Å². The minimum Gasteiger partial charge on any atom is -0.409 e. The van der Waals surface area contributed by atoms with Gasteiger partial charge in [-0.25, -0.2) is 9.89 Å². The third-order valence-electron chi connectivity index (χ3n) is 3.46. The van der Waals surface area contributed by atoms with E-state index in [1.165, 1.54) is 4.90 Å². The standard InChI is InChI=1S/C15H16N6O2/c1-3-21(2)15(22)23-12-6-4-5-11-14(12)10(9-16-11)7-8-13-17-19-20-18-13/h4-9,16H,3H2,1-2H3,(H,17,18,19,20)/b8-7+. The first-order chi connectivity index (χ1) is 11.2. The third kappa shape index (κ3) is 3.05. The van der Waals surface area contributed by atoms with E-state index < -0.39 is 6.09 Å². The fourth-order valence-electron chi connectivity index (χ4n) is 2.10. The molecule has 23 heavy (non-hydrogen) atoms. The molecule has 8 nitrogen and oxygen atoms in total. The number of carbonyl (C=O) groups is 1. The van der Waals surface area contributed by atoms with Crippen LogP contribution in [0, 0.1) is 0 Å². The predicted octanol–water partition coefficient (Wildman–Crippen LogP) is 2.30. The summed E-state index contributed by atoms with van der Waals surface area (Å²) in [6, 6.07) is 5.52. The molecule has 2 aromatic heterocycles. The Morgan fingerprint density at radius 3 is 3.00 bits per heavy atom. The summed E-state index contributed by atoms with van der Waals surface area (Å²) >= 11 is 0. The number of fused-ring (bicyclic) bond motifs is 1. The van der Waals surface area contributed by atoms with Gasteiger partial charge in [-0.2, -0.15) is 0 Å². The molecule has 0 saturated carbocycles. The summed E-state index contributed by atoms with van der Waals surface area (Å²) in [7, 11) is 1.69. The number of hydrogen-bond acceptors (Lipinski definition) is 5. The lowest BCUT2D eigenvalue weighted by atomic mass is 10.1. The van der Waals surface area contributed by atoms with Crippen LogP contribution < -0.4 is 4.74 Å². The molecule has 0 unspecified atom stereocenters. The van der Waals surface area contributed by atoms with Crippen molar-refractivity contribution in [3.05, 3.63) is 35.8 Å². The van der Waals surface area contributed by atoms with Gasteiger partial charge in [0.05, 0.1) is 0 Å². The zero-order valence-electron chi connectivity index (χ0n) is 12.8. The van der Waals surface area contributed by atoms with Crippen LogP contribution in [-0.2, 0) is 0 Å². The maximum atomic E-state index is 12.0. The molecule has 8 heteroatoms. The summed E-state index contributed by atoms with van der Waals surface area (Å²) in [5.74, 6) is 1.05. The van der Waals surface area contributed by atoms with Crippen LogP contribution >= 0.6 is 0 Å². The second kappa shape index (κ2) is 6.30. The zero-order valence-corrected chi connectivity index (χ0v) is 12.8. The number of carbonyl (C=O) groups excluding carboxylic acids is 1. The van der Waals surface area contributed by atoms with Gasteiger partial charge in [0.1, 0.15) is 5.75 Å². The lowest BCUT2D eigenvalue weighted by Gasteiger charge is -2.14. The molecule has 2 N–H and O–H groups in total. The average Bonchev–Trinajstić information content (AvgIpc) is 3.22. The molecule has 0 aliphatic carbocycles. The molecule has 0 atom stereocenters. The number of benzene rings is 1. The van der Waals surface area contributed by atoms with E-state index in [0.717, 1.165) is 16.5 Å². The van der Waals surface area contributed by atoms with E-state index in [1.54, 1.807) is 19.2 Å². The first-order valence-electron chi connectivity index (χ1n) is 7.14. The number of hydrogen-bond donors (Lipinski definition) is 2. The Morgan fingerprint density at radius 2 is 2.26 bits per heavy atom. The van der Waals surface area contributed by atoms with Gasteiger partial charge in [-0.05, 0) is 41.6 Å². The molecule has 0 saturated heterocycles. The Morgan fingerprint density at radius 1 is 1.39 bits per heavy atom. The van der Waals surface area contributed by atoms with E-state index in [4.69, 9.17) is 4.74 Å². The number of nitrogens with one attached hydrogen (secondary N) is 2. The van der Waals surface area contributed by atoms with Crippen molar-refractivity contribution in [3.63, 3.8) is 0 Å². The summed E-state index contributed by atoms with van der Waals surface area (Å²) in [5.41, 5.74) is 1.75. The van der Waals surface area contributed by atoms with Crippen LogP contribution in [0.2, 0.25) is 0 Å². The Kier molecular flexibility index (Phi) is 4.05. The molecular weight excluding hydrogens is 296 g/mol. The van der Waals surface area contributed by atoms with E-state index >= 15 is 0 Å². The molecule has 1 amide bonds. The van der Waals surface area contributed by atoms with Crippen LogP contribution in [-0.4, -0.2) is 50.2 Å². The number of amides is 1. The maximum Gasteiger partial charge on any atom is 0.414 e. The fraction of sp³-hybridized carbons (Fsp3) is 0.200. The van der Waals surface area contributed by atoms with E-state index in [1.807, 2.05) is 31.3 Å². The number of rotatable bonds is 4. The molecular formula is C15H16N6O2. The molecule has 0 aliphatic heterocycles. The maximum absolute atomic E-state index is 12.0. The Hall–Kier alpha value is -3.16. The van der Waals surface area contributed by atoms with Crippen LogP contribution in [0.25, 0.3) is 23.1 Å². The molecule has 0 radical (unpaired) electrons. The van der Waals surface area contributed by atoms with Gasteiger partial charge in [0.25, 0.3) is 0 Å². The Labute approximate surface area is 132 Å². The van der Waals surface area contributed by atoms with Crippen LogP contribution in [0.4, 0.5) is 4.79 Å². The Bertz CT molecular complexity index is 837. The third-order valence-corrected chi connectivity index (χ3v) is 3.46. The number of aromatic amines is 2. The fourth-order valence-corrected chi connectivity index (χ4v) is 2.10. The van der Waals surface area contributed by atoms with Crippen molar-refractivity contribution in [2.24, 2.45) is 0 Å². The first-order valence-corrected chi connectivity index (χ1v) is 7.14. The minimum atomic E-state index is -0.393. The highest BCUT2D eigenvalue weighted by Gasteiger charge is 2.14. The zero-order chi connectivity index (χ0) is 16.2. The van der Waals surface area contributed by atoms with Crippen molar-refractivity contribution >= 4 is 29.1 Å². The average molecular weight is 312 g/mol. The number of aromatic nitrogens is 5. The van der Waals surface area contributed by atoms with Gasteiger partial charge in [-0.15, -0.1) is 5.10 Å². The van der Waals surface area contributed by atoms with Crippen molar-refractivity contribution in [2.45, 2.75) is 6.92 Å². The lowest BCUT2D eigenvalue weighted by molar-refractivity contribution is 0.166. The number of ether oxygens (including phenoxy) is 1. The largest absolute Gasteiger partial charge is 0.414 e. The first kappa shape index (κ1) is 14.8. The molecule has 118 valence electrons. The van der Waals surface area contributed by atoms with Gasteiger partial charge >= 0.3 is 6.09 Å². The predicted molar refractivity (Wildman–Crippen MR) is 85.7 cm³/mol. The topological polar surface area (TPSA) is 99.8 Å². The van der Waals surface area contributed by atoms with Gasteiger partial charge in [0, 0.05) is 36.3 Å². The molecule has 0 spiro atoms. The molecule has 2 heterocycles. The monoisotopic (exact) mass is 312 g/mol. The van der Waals surface area contributed by atoms with Crippen molar-refractivity contribution in [2.75, 3.05) is 13.6 Å². The molecule has 0 bridgehead atoms. The van der Waals surface area contributed by atoms with Crippen LogP contribution in [0.5, 0.6) is 5.75 Å². The lowest BCUT2D eigenvalue weighted by Crippen LogP contribution is -2.29. The minimum absolute atomic E-state index is 0.393. The van der Waals surface area contributed by atoms with Crippen molar-refractivity contribution < 1.29 is 9.53 Å². The van der Waals surface area contributed by atoms with Crippen molar-refractivity contribution in [1.82, 2.24) is 30.5 Å². The van der Waals surface area contributed by atoms with Crippen molar-refractivity contribution in [3.8, 4) is 5.75 Å². The second-order valence-corrected chi connectivity index (χ2v) is 4.92. The highest BCUT2D eigenvalue weighted by Crippen LogP contribution is 2.30.